The summed E-state index contributed by atoms with van der Waals surface area (Å²) in [6.07, 6.45) is 0.875. The number of carbonyl (C=O) groups is 1. The van der Waals surface area contributed by atoms with E-state index < -0.39 is 17.7 Å². The highest BCUT2D eigenvalue weighted by Gasteiger charge is 2.22. The summed E-state index contributed by atoms with van der Waals surface area (Å²) < 4.78 is 19.6. The van der Waals surface area contributed by atoms with Gasteiger partial charge >= 0.3 is 5.97 Å². The molecular weight excluding hydrogens is 295 g/mol. The van der Waals surface area contributed by atoms with E-state index in [1.54, 1.807) is 12.1 Å². The molecule has 3 nitrogen and oxygen atoms in total. The zero-order valence-corrected chi connectivity index (χ0v) is 13.4. The van der Waals surface area contributed by atoms with Crippen molar-refractivity contribution in [3.05, 3.63) is 65.0 Å². The van der Waals surface area contributed by atoms with Gasteiger partial charge in [0.25, 0.3) is 0 Å². The summed E-state index contributed by atoms with van der Waals surface area (Å²) in [5, 5.41) is 9.35. The maximum Gasteiger partial charge on any atom is 0.311 e. The number of benzene rings is 2. The third kappa shape index (κ3) is 4.31. The molecule has 0 aromatic heterocycles. The van der Waals surface area contributed by atoms with E-state index in [0.717, 1.165) is 16.9 Å². The Morgan fingerprint density at radius 2 is 1.78 bits per heavy atom. The van der Waals surface area contributed by atoms with Crippen LogP contribution in [0.4, 0.5) is 4.39 Å². The number of hydrogen-bond donors (Lipinski definition) is 1. The Morgan fingerprint density at radius 3 is 2.39 bits per heavy atom. The predicted octanol–water partition coefficient (Wildman–Crippen LogP) is 4.47. The number of hydrogen-bond acceptors (Lipinski definition) is 2. The minimum Gasteiger partial charge on any atom is -0.493 e. The van der Waals surface area contributed by atoms with Crippen LogP contribution in [0.25, 0.3) is 0 Å². The van der Waals surface area contributed by atoms with E-state index in [0.29, 0.717) is 19.4 Å². The number of aliphatic carboxylic acids is 1. The molecule has 2 aromatic carbocycles. The molecule has 0 spiro atoms. The van der Waals surface area contributed by atoms with Gasteiger partial charge < -0.3 is 9.84 Å². The van der Waals surface area contributed by atoms with E-state index in [2.05, 4.69) is 0 Å². The molecule has 0 heterocycles. The van der Waals surface area contributed by atoms with Gasteiger partial charge in [0, 0.05) is 5.56 Å². The van der Waals surface area contributed by atoms with Gasteiger partial charge in [-0.2, -0.15) is 0 Å². The minimum absolute atomic E-state index is 0.229. The van der Waals surface area contributed by atoms with E-state index >= 15 is 0 Å². The molecule has 23 heavy (non-hydrogen) atoms. The van der Waals surface area contributed by atoms with Gasteiger partial charge in [0.05, 0.1) is 12.5 Å². The molecule has 1 unspecified atom stereocenters. The van der Waals surface area contributed by atoms with Gasteiger partial charge in [0.2, 0.25) is 0 Å². The molecule has 0 aliphatic carbocycles. The lowest BCUT2D eigenvalue weighted by atomic mass is 9.94. The summed E-state index contributed by atoms with van der Waals surface area (Å²) in [5.41, 5.74) is 2.33. The van der Waals surface area contributed by atoms with Crippen molar-refractivity contribution in [2.45, 2.75) is 32.6 Å². The molecular formula is C19H21FO3. The molecule has 1 N–H and O–H groups in total. The Morgan fingerprint density at radius 1 is 1.13 bits per heavy atom. The van der Waals surface area contributed by atoms with E-state index in [1.807, 2.05) is 32.0 Å². The SMILES string of the molecule is Cc1cccc(C)c1OCCCC(C(=O)O)c1ccccc1F. The number of para-hydroxylation sites is 1. The summed E-state index contributed by atoms with van der Waals surface area (Å²) in [4.78, 5) is 11.4. The van der Waals surface area contributed by atoms with Crippen LogP contribution in [-0.2, 0) is 4.79 Å². The lowest BCUT2D eigenvalue weighted by Gasteiger charge is -2.15. The average molecular weight is 316 g/mol. The largest absolute Gasteiger partial charge is 0.493 e. The summed E-state index contributed by atoms with van der Waals surface area (Å²) in [6, 6.07) is 11.9. The van der Waals surface area contributed by atoms with Crippen LogP contribution in [0.2, 0.25) is 0 Å². The second-order valence-electron chi connectivity index (χ2n) is 5.62. The second kappa shape index (κ2) is 7.77. The molecule has 0 bridgehead atoms. The van der Waals surface area contributed by atoms with Gasteiger partial charge in [-0.05, 0) is 43.9 Å². The van der Waals surface area contributed by atoms with E-state index in [4.69, 9.17) is 4.74 Å². The van der Waals surface area contributed by atoms with Crippen molar-refractivity contribution in [1.82, 2.24) is 0 Å². The van der Waals surface area contributed by atoms with Crippen molar-refractivity contribution in [2.24, 2.45) is 0 Å². The number of aryl methyl sites for hydroxylation is 2. The third-order valence-electron chi connectivity index (χ3n) is 3.87. The summed E-state index contributed by atoms with van der Waals surface area (Å²) >= 11 is 0. The van der Waals surface area contributed by atoms with Crippen LogP contribution < -0.4 is 4.74 Å². The molecule has 122 valence electrons. The molecule has 0 amide bonds. The molecule has 0 saturated heterocycles. The van der Waals surface area contributed by atoms with Gasteiger partial charge in [-0.25, -0.2) is 4.39 Å². The lowest BCUT2D eigenvalue weighted by molar-refractivity contribution is -0.139. The normalized spacial score (nSPS) is 12.0. The Kier molecular flexibility index (Phi) is 5.74. The van der Waals surface area contributed by atoms with E-state index in [1.165, 1.54) is 12.1 Å². The van der Waals surface area contributed by atoms with Crippen molar-refractivity contribution in [3.63, 3.8) is 0 Å². The Balaban J connectivity index is 1.96. The fourth-order valence-corrected chi connectivity index (χ4v) is 2.66. The summed E-state index contributed by atoms with van der Waals surface area (Å²) in [5.74, 6) is -1.50. The molecule has 0 saturated carbocycles. The number of ether oxygens (including phenoxy) is 1. The van der Waals surface area contributed by atoms with Crippen molar-refractivity contribution >= 4 is 5.97 Å². The average Bonchev–Trinajstić information content (AvgIpc) is 2.50. The minimum atomic E-state index is -1.01. The molecule has 1 atom stereocenters. The fourth-order valence-electron chi connectivity index (χ4n) is 2.66. The highest BCUT2D eigenvalue weighted by atomic mass is 19.1. The van der Waals surface area contributed by atoms with Crippen LogP contribution in [0.5, 0.6) is 5.75 Å². The molecule has 0 radical (unpaired) electrons. The van der Waals surface area contributed by atoms with E-state index in [9.17, 15) is 14.3 Å². The van der Waals surface area contributed by atoms with Crippen molar-refractivity contribution in [3.8, 4) is 5.75 Å². The molecule has 2 aromatic rings. The highest BCUT2D eigenvalue weighted by Crippen LogP contribution is 2.26. The standard InChI is InChI=1S/C19H21FO3/c1-13-7-5-8-14(2)18(13)23-12-6-10-16(19(21)22)15-9-3-4-11-17(15)20/h3-5,7-9,11,16H,6,10,12H2,1-2H3,(H,21,22). The summed E-state index contributed by atoms with van der Waals surface area (Å²) in [6.45, 7) is 4.35. The monoisotopic (exact) mass is 316 g/mol. The van der Waals surface area contributed by atoms with Crippen LogP contribution in [0.15, 0.2) is 42.5 Å². The zero-order valence-electron chi connectivity index (χ0n) is 13.4. The third-order valence-corrected chi connectivity index (χ3v) is 3.87. The van der Waals surface area contributed by atoms with Gasteiger partial charge in [-0.1, -0.05) is 36.4 Å². The van der Waals surface area contributed by atoms with Gasteiger partial charge in [-0.15, -0.1) is 0 Å². The second-order valence-corrected chi connectivity index (χ2v) is 5.62. The van der Waals surface area contributed by atoms with Gasteiger partial charge in [0.15, 0.2) is 0 Å². The van der Waals surface area contributed by atoms with Gasteiger partial charge in [-0.3, -0.25) is 4.79 Å². The Labute approximate surface area is 135 Å². The zero-order chi connectivity index (χ0) is 16.8. The van der Waals surface area contributed by atoms with Gasteiger partial charge in [0.1, 0.15) is 11.6 Å². The number of carboxylic acid groups (broad SMARTS) is 1. The molecule has 0 aliphatic heterocycles. The van der Waals surface area contributed by atoms with Crippen LogP contribution in [0, 0.1) is 19.7 Å². The van der Waals surface area contributed by atoms with Crippen molar-refractivity contribution in [1.29, 1.82) is 0 Å². The van der Waals surface area contributed by atoms with Crippen molar-refractivity contribution in [2.75, 3.05) is 6.61 Å². The highest BCUT2D eigenvalue weighted by molar-refractivity contribution is 5.76. The first-order valence-electron chi connectivity index (χ1n) is 7.67. The van der Waals surface area contributed by atoms with Crippen LogP contribution in [0.1, 0.15) is 35.4 Å². The molecule has 2 rings (SSSR count). The van der Waals surface area contributed by atoms with Crippen LogP contribution in [-0.4, -0.2) is 17.7 Å². The molecule has 0 fully saturated rings. The lowest BCUT2D eigenvalue weighted by Crippen LogP contribution is -2.14. The quantitative estimate of drug-likeness (QED) is 0.767. The first kappa shape index (κ1) is 17.0. The molecule has 0 aliphatic rings. The molecule has 4 heteroatoms. The topological polar surface area (TPSA) is 46.5 Å². The maximum absolute atomic E-state index is 13.8. The van der Waals surface area contributed by atoms with Crippen LogP contribution >= 0.6 is 0 Å². The number of carboxylic acids is 1. The van der Waals surface area contributed by atoms with E-state index in [-0.39, 0.29) is 5.56 Å². The predicted molar refractivity (Wildman–Crippen MR) is 87.4 cm³/mol. The first-order valence-corrected chi connectivity index (χ1v) is 7.67. The maximum atomic E-state index is 13.8. The smallest absolute Gasteiger partial charge is 0.311 e. The first-order chi connectivity index (χ1) is 11.0. The Hall–Kier alpha value is -2.36. The fraction of sp³-hybridized carbons (Fsp3) is 0.316. The summed E-state index contributed by atoms with van der Waals surface area (Å²) in [7, 11) is 0. The number of halogens is 1. The number of rotatable bonds is 7. The Bertz CT molecular complexity index is 662. The van der Waals surface area contributed by atoms with Crippen molar-refractivity contribution < 1.29 is 19.0 Å². The van der Waals surface area contributed by atoms with Crippen LogP contribution in [0.3, 0.4) is 0 Å².